The summed E-state index contributed by atoms with van der Waals surface area (Å²) in [4.78, 5) is 20.0. The summed E-state index contributed by atoms with van der Waals surface area (Å²) in [7, 11) is 0. The van der Waals surface area contributed by atoms with Gasteiger partial charge in [0, 0.05) is 38.1 Å². The molecule has 2 fully saturated rings. The molecule has 0 radical (unpaired) electrons. The molecule has 0 bridgehead atoms. The summed E-state index contributed by atoms with van der Waals surface area (Å²) in [6.45, 7) is 12.8. The molecule has 1 unspecified atom stereocenters. The number of nitrogens with zero attached hydrogens (tertiary/aromatic N) is 5. The van der Waals surface area contributed by atoms with Crippen LogP contribution in [-0.2, 0) is 6.54 Å². The molecule has 0 spiro atoms. The van der Waals surface area contributed by atoms with Crippen molar-refractivity contribution < 1.29 is 4.79 Å². The summed E-state index contributed by atoms with van der Waals surface area (Å²) in [5.41, 5.74) is 1.95. The van der Waals surface area contributed by atoms with E-state index in [1.165, 1.54) is 51.9 Å². The van der Waals surface area contributed by atoms with Gasteiger partial charge in [-0.15, -0.1) is 0 Å². The average molecular weight is 374 g/mol. The van der Waals surface area contributed by atoms with Gasteiger partial charge in [-0.05, 0) is 71.3 Å². The van der Waals surface area contributed by atoms with Crippen LogP contribution in [0.15, 0.2) is 6.07 Å². The van der Waals surface area contributed by atoms with Gasteiger partial charge in [0.25, 0.3) is 5.91 Å². The van der Waals surface area contributed by atoms with Gasteiger partial charge in [-0.25, -0.2) is 0 Å². The summed E-state index contributed by atoms with van der Waals surface area (Å²) in [5.74, 6) is 0.638. The van der Waals surface area contributed by atoms with Gasteiger partial charge in [0.1, 0.15) is 5.69 Å². The van der Waals surface area contributed by atoms with E-state index >= 15 is 0 Å². The van der Waals surface area contributed by atoms with Crippen LogP contribution in [0.2, 0.25) is 0 Å². The van der Waals surface area contributed by atoms with E-state index in [0.717, 1.165) is 50.0 Å². The maximum atomic E-state index is 12.8. The third kappa shape index (κ3) is 3.92. The van der Waals surface area contributed by atoms with E-state index in [4.69, 9.17) is 5.10 Å². The number of amides is 1. The molecule has 1 atom stereocenters. The monoisotopic (exact) mass is 373 g/mol. The van der Waals surface area contributed by atoms with Crippen molar-refractivity contribution in [3.05, 3.63) is 17.5 Å². The first-order valence-corrected chi connectivity index (χ1v) is 11.0. The highest BCUT2D eigenvalue weighted by atomic mass is 16.2. The van der Waals surface area contributed by atoms with Gasteiger partial charge < -0.3 is 9.80 Å². The quantitative estimate of drug-likeness (QED) is 0.813. The van der Waals surface area contributed by atoms with Crippen LogP contribution in [0, 0.1) is 0 Å². The van der Waals surface area contributed by atoms with E-state index in [1.54, 1.807) is 0 Å². The Morgan fingerprint density at radius 3 is 2.56 bits per heavy atom. The molecule has 150 valence electrons. The molecular weight excluding hydrogens is 338 g/mol. The van der Waals surface area contributed by atoms with Crippen LogP contribution in [0.4, 0.5) is 0 Å². The molecule has 4 heterocycles. The van der Waals surface area contributed by atoms with Crippen molar-refractivity contribution in [1.82, 2.24) is 24.5 Å². The summed E-state index contributed by atoms with van der Waals surface area (Å²) in [5, 5.41) is 4.89. The molecule has 1 aromatic heterocycles. The van der Waals surface area contributed by atoms with E-state index in [1.807, 2.05) is 9.58 Å². The number of aromatic nitrogens is 2. The van der Waals surface area contributed by atoms with Crippen molar-refractivity contribution in [3.63, 3.8) is 0 Å². The Morgan fingerprint density at radius 1 is 1.00 bits per heavy atom. The van der Waals surface area contributed by atoms with Crippen molar-refractivity contribution in [2.24, 2.45) is 0 Å². The molecule has 2 saturated heterocycles. The van der Waals surface area contributed by atoms with Crippen LogP contribution in [0.25, 0.3) is 0 Å². The second kappa shape index (κ2) is 8.31. The van der Waals surface area contributed by atoms with Crippen LogP contribution in [0.3, 0.4) is 0 Å². The number of hydrogen-bond donors (Lipinski definition) is 0. The minimum Gasteiger partial charge on any atom is -0.338 e. The molecule has 4 rings (SSSR count). The van der Waals surface area contributed by atoms with Crippen molar-refractivity contribution in [1.29, 1.82) is 0 Å². The van der Waals surface area contributed by atoms with Gasteiger partial charge in [0.05, 0.1) is 5.69 Å². The lowest BCUT2D eigenvalue weighted by molar-refractivity contribution is 0.0766. The first-order valence-electron chi connectivity index (χ1n) is 11.0. The maximum Gasteiger partial charge on any atom is 0.272 e. The van der Waals surface area contributed by atoms with Gasteiger partial charge in [0.15, 0.2) is 0 Å². The fraction of sp³-hybridized carbons (Fsp3) is 0.810. The van der Waals surface area contributed by atoms with Crippen molar-refractivity contribution >= 4 is 5.91 Å². The molecule has 0 aromatic carbocycles. The number of carbonyl (C=O) groups is 1. The SMILES string of the molecule is CCN1CCC(N2CCCC(c3cc4n(n3)CCCN(CC)C4=O)C2)CC1. The molecular formula is C21H35N5O. The Kier molecular flexibility index (Phi) is 5.83. The van der Waals surface area contributed by atoms with E-state index in [0.29, 0.717) is 5.92 Å². The van der Waals surface area contributed by atoms with Crippen LogP contribution in [0.5, 0.6) is 0 Å². The fourth-order valence-corrected chi connectivity index (χ4v) is 5.14. The molecule has 1 aromatic rings. The zero-order valence-corrected chi connectivity index (χ0v) is 17.1. The lowest BCUT2D eigenvalue weighted by Crippen LogP contribution is -2.48. The number of carbonyl (C=O) groups excluding carboxylic acids is 1. The highest BCUT2D eigenvalue weighted by Crippen LogP contribution is 2.30. The minimum absolute atomic E-state index is 0.161. The van der Waals surface area contributed by atoms with Gasteiger partial charge in [-0.2, -0.15) is 5.10 Å². The number of hydrogen-bond acceptors (Lipinski definition) is 4. The van der Waals surface area contributed by atoms with Gasteiger partial charge in [0.2, 0.25) is 0 Å². The van der Waals surface area contributed by atoms with Crippen molar-refractivity contribution in [3.8, 4) is 0 Å². The lowest BCUT2D eigenvalue weighted by Gasteiger charge is -2.42. The highest BCUT2D eigenvalue weighted by molar-refractivity contribution is 5.93. The minimum atomic E-state index is 0.161. The lowest BCUT2D eigenvalue weighted by atomic mass is 9.91. The Morgan fingerprint density at radius 2 is 1.81 bits per heavy atom. The number of likely N-dealkylation sites (tertiary alicyclic amines) is 2. The van der Waals surface area contributed by atoms with E-state index in [9.17, 15) is 4.79 Å². The number of rotatable bonds is 4. The van der Waals surface area contributed by atoms with Crippen LogP contribution < -0.4 is 0 Å². The van der Waals surface area contributed by atoms with Gasteiger partial charge >= 0.3 is 0 Å². The Balaban J connectivity index is 1.45. The third-order valence-electron chi connectivity index (χ3n) is 6.88. The molecule has 6 heteroatoms. The maximum absolute atomic E-state index is 12.8. The molecule has 0 N–H and O–H groups in total. The number of fused-ring (bicyclic) bond motifs is 1. The van der Waals surface area contributed by atoms with E-state index in [-0.39, 0.29) is 5.91 Å². The first-order chi connectivity index (χ1) is 13.2. The molecule has 3 aliphatic rings. The standard InChI is InChI=1S/C21H35N5O/c1-3-23-13-8-18(9-14-23)25-10-5-7-17(16-25)19-15-20-21(27)24(4-2)11-6-12-26(20)22-19/h15,17-18H,3-14,16H2,1-2H3. The van der Waals surface area contributed by atoms with Crippen LogP contribution in [-0.4, -0.2) is 82.2 Å². The first kappa shape index (κ1) is 18.9. The van der Waals surface area contributed by atoms with E-state index in [2.05, 4.69) is 29.7 Å². The third-order valence-corrected chi connectivity index (χ3v) is 6.88. The number of aryl methyl sites for hydroxylation is 1. The summed E-state index contributed by atoms with van der Waals surface area (Å²) in [6.07, 6.45) is 6.04. The smallest absolute Gasteiger partial charge is 0.272 e. The Labute approximate surface area is 163 Å². The molecule has 0 saturated carbocycles. The normalized spacial score (nSPS) is 26.2. The number of piperidine rings is 2. The van der Waals surface area contributed by atoms with Crippen LogP contribution >= 0.6 is 0 Å². The molecule has 6 nitrogen and oxygen atoms in total. The zero-order valence-electron chi connectivity index (χ0n) is 17.1. The molecule has 3 aliphatic heterocycles. The second-order valence-corrected chi connectivity index (χ2v) is 8.42. The zero-order chi connectivity index (χ0) is 18.8. The topological polar surface area (TPSA) is 44.6 Å². The summed E-state index contributed by atoms with van der Waals surface area (Å²) < 4.78 is 1.98. The second-order valence-electron chi connectivity index (χ2n) is 8.42. The van der Waals surface area contributed by atoms with Gasteiger partial charge in [-0.3, -0.25) is 14.4 Å². The predicted molar refractivity (Wildman–Crippen MR) is 107 cm³/mol. The molecule has 1 amide bonds. The average Bonchev–Trinajstić information content (AvgIpc) is 3.09. The largest absolute Gasteiger partial charge is 0.338 e. The predicted octanol–water partition coefficient (Wildman–Crippen LogP) is 2.41. The van der Waals surface area contributed by atoms with Crippen molar-refractivity contribution in [2.75, 3.05) is 45.8 Å². The fourth-order valence-electron chi connectivity index (χ4n) is 5.14. The van der Waals surface area contributed by atoms with Crippen LogP contribution in [0.1, 0.15) is 68.1 Å². The van der Waals surface area contributed by atoms with Gasteiger partial charge in [-0.1, -0.05) is 6.92 Å². The molecule has 0 aliphatic carbocycles. The summed E-state index contributed by atoms with van der Waals surface area (Å²) in [6, 6.07) is 2.83. The highest BCUT2D eigenvalue weighted by Gasteiger charge is 2.32. The van der Waals surface area contributed by atoms with E-state index < -0.39 is 0 Å². The Hall–Kier alpha value is -1.40. The van der Waals surface area contributed by atoms with Crippen molar-refractivity contribution in [2.45, 2.75) is 64.5 Å². The summed E-state index contributed by atoms with van der Waals surface area (Å²) >= 11 is 0. The molecule has 27 heavy (non-hydrogen) atoms. The Bertz CT molecular complexity index is 649.